The second-order valence-corrected chi connectivity index (χ2v) is 9.18. The Hall–Kier alpha value is -4.00. The number of carbonyl (C=O) groups excluding carboxylic acids is 1. The lowest BCUT2D eigenvalue weighted by Crippen LogP contribution is -2.31. The molecule has 1 heterocycles. The van der Waals surface area contributed by atoms with E-state index in [1.54, 1.807) is 4.57 Å². The predicted molar refractivity (Wildman–Crippen MR) is 139 cm³/mol. The van der Waals surface area contributed by atoms with Gasteiger partial charge in [0.25, 0.3) is 5.91 Å². The van der Waals surface area contributed by atoms with Crippen molar-refractivity contribution in [3.8, 4) is 28.4 Å². The van der Waals surface area contributed by atoms with Gasteiger partial charge in [0.1, 0.15) is 23.0 Å². The quantitative estimate of drug-likeness (QED) is 0.298. The number of hydrogen-bond acceptors (Lipinski definition) is 3. The summed E-state index contributed by atoms with van der Waals surface area (Å²) < 4.78 is 36.7. The summed E-state index contributed by atoms with van der Waals surface area (Å²) in [6.45, 7) is 2.32. The maximum absolute atomic E-state index is 15.3. The first-order valence-corrected chi connectivity index (χ1v) is 12.6. The van der Waals surface area contributed by atoms with Gasteiger partial charge in [0.15, 0.2) is 11.6 Å². The first-order valence-electron chi connectivity index (χ1n) is 12.6. The van der Waals surface area contributed by atoms with Crippen molar-refractivity contribution in [3.63, 3.8) is 0 Å². The van der Waals surface area contributed by atoms with Gasteiger partial charge in [-0.05, 0) is 43.4 Å². The Morgan fingerprint density at radius 3 is 2.57 bits per heavy atom. The molecule has 1 aliphatic rings. The zero-order chi connectivity index (χ0) is 25.9. The van der Waals surface area contributed by atoms with Crippen LogP contribution in [0.15, 0.2) is 66.7 Å². The van der Waals surface area contributed by atoms with Crippen LogP contribution in [0, 0.1) is 11.6 Å². The molecule has 37 heavy (non-hydrogen) atoms. The van der Waals surface area contributed by atoms with Gasteiger partial charge in [-0.1, -0.05) is 61.0 Å². The van der Waals surface area contributed by atoms with E-state index in [0.717, 1.165) is 48.9 Å². The summed E-state index contributed by atoms with van der Waals surface area (Å²) in [4.78, 5) is 18.7. The summed E-state index contributed by atoms with van der Waals surface area (Å²) >= 11 is 0. The lowest BCUT2D eigenvalue weighted by Gasteiger charge is -2.20. The topological polar surface area (TPSA) is 56.2 Å². The zero-order valence-electron chi connectivity index (χ0n) is 20.9. The molecule has 0 spiro atoms. The molecule has 1 N–H and O–H groups in total. The largest absolute Gasteiger partial charge is 0.494 e. The van der Waals surface area contributed by atoms with Crippen LogP contribution in [-0.4, -0.2) is 22.6 Å². The second kappa shape index (κ2) is 10.5. The lowest BCUT2D eigenvalue weighted by molar-refractivity contribution is 0.0926. The van der Waals surface area contributed by atoms with Crippen molar-refractivity contribution in [3.05, 3.63) is 95.2 Å². The second-order valence-electron chi connectivity index (χ2n) is 9.18. The summed E-state index contributed by atoms with van der Waals surface area (Å²) in [5, 5.41) is 3.20. The van der Waals surface area contributed by atoms with Crippen molar-refractivity contribution in [2.75, 3.05) is 7.11 Å². The average molecular weight is 502 g/mol. The fourth-order valence-corrected chi connectivity index (χ4v) is 5.15. The normalized spacial score (nSPS) is 15.1. The van der Waals surface area contributed by atoms with Gasteiger partial charge in [0, 0.05) is 23.7 Å². The summed E-state index contributed by atoms with van der Waals surface area (Å²) in [5.41, 5.74) is 3.31. The predicted octanol–water partition coefficient (Wildman–Crippen LogP) is 6.72. The van der Waals surface area contributed by atoms with Gasteiger partial charge in [-0.2, -0.15) is 0 Å². The molecule has 0 saturated heterocycles. The minimum Gasteiger partial charge on any atom is -0.494 e. The third-order valence-corrected chi connectivity index (χ3v) is 6.95. The number of hydrogen-bond donors (Lipinski definition) is 1. The molecule has 4 aromatic rings. The maximum Gasteiger partial charge on any atom is 0.270 e. The Kier molecular flexibility index (Phi) is 7.04. The average Bonchev–Trinajstić information content (AvgIpc) is 3.20. The number of nitrogens with one attached hydrogen (secondary N) is 1. The minimum absolute atomic E-state index is 0.0888. The number of halogens is 2. The maximum atomic E-state index is 15.3. The van der Waals surface area contributed by atoms with Crippen LogP contribution in [0.1, 0.15) is 53.8 Å². The molecule has 0 aliphatic heterocycles. The van der Waals surface area contributed by atoms with Gasteiger partial charge in [-0.15, -0.1) is 0 Å². The molecule has 0 radical (unpaired) electrons. The van der Waals surface area contributed by atoms with E-state index in [4.69, 9.17) is 9.72 Å². The number of aryl methyl sites for hydroxylation is 1. The minimum atomic E-state index is -0.727. The number of amides is 1. The molecular weight excluding hydrogens is 472 g/mol. The van der Waals surface area contributed by atoms with Gasteiger partial charge >= 0.3 is 0 Å². The van der Waals surface area contributed by atoms with E-state index in [0.29, 0.717) is 12.4 Å². The Labute approximate surface area is 215 Å². The Morgan fingerprint density at radius 1 is 1.05 bits per heavy atom. The summed E-state index contributed by atoms with van der Waals surface area (Å²) in [7, 11) is 1.28. The molecule has 0 bridgehead atoms. The van der Waals surface area contributed by atoms with Crippen LogP contribution in [0.4, 0.5) is 8.78 Å². The molecule has 1 unspecified atom stereocenters. The number of imidazole rings is 1. The number of nitrogens with zero attached hydrogens (tertiary/aromatic N) is 2. The summed E-state index contributed by atoms with van der Waals surface area (Å²) in [6.07, 6.45) is 3.80. The molecule has 1 aromatic heterocycles. The zero-order valence-corrected chi connectivity index (χ0v) is 20.9. The Bertz CT molecular complexity index is 1430. The van der Waals surface area contributed by atoms with Crippen molar-refractivity contribution < 1.29 is 18.3 Å². The van der Waals surface area contributed by atoms with Crippen LogP contribution in [0.25, 0.3) is 22.6 Å². The SMILES string of the molecule is CCn1c(-c2ccccc2)nc(-c2cc(F)c(OC)cc2F)c1C(=O)NC1CCCCc2ccccc21. The number of rotatable bonds is 6. The van der Waals surface area contributed by atoms with E-state index >= 15 is 4.39 Å². The molecule has 1 atom stereocenters. The number of carbonyl (C=O) groups is 1. The number of benzene rings is 3. The van der Waals surface area contributed by atoms with E-state index in [-0.39, 0.29) is 34.6 Å². The molecule has 1 aliphatic carbocycles. The van der Waals surface area contributed by atoms with Gasteiger partial charge in [0.2, 0.25) is 0 Å². The third-order valence-electron chi connectivity index (χ3n) is 6.95. The van der Waals surface area contributed by atoms with E-state index in [2.05, 4.69) is 17.4 Å². The highest BCUT2D eigenvalue weighted by Gasteiger charge is 2.29. The lowest BCUT2D eigenvalue weighted by atomic mass is 9.99. The van der Waals surface area contributed by atoms with E-state index < -0.39 is 11.6 Å². The fraction of sp³-hybridized carbons (Fsp3) is 0.267. The molecule has 5 rings (SSSR count). The van der Waals surface area contributed by atoms with E-state index in [9.17, 15) is 9.18 Å². The number of ether oxygens (including phenoxy) is 1. The third kappa shape index (κ3) is 4.73. The summed E-state index contributed by atoms with van der Waals surface area (Å²) in [5.74, 6) is -1.51. The first kappa shape index (κ1) is 24.7. The van der Waals surface area contributed by atoms with Crippen LogP contribution in [0.2, 0.25) is 0 Å². The standard InChI is InChI=1S/C30H29F2N3O2/c1-3-35-28(30(36)33-25-16-10-8-12-19-11-7-9-15-21(19)25)27(34-29(35)20-13-5-4-6-14-20)22-17-24(32)26(37-2)18-23(22)31/h4-7,9,11,13-15,17-18,25H,3,8,10,12,16H2,1-2H3,(H,33,36). The molecule has 0 fully saturated rings. The molecule has 190 valence electrons. The monoisotopic (exact) mass is 501 g/mol. The molecule has 1 amide bonds. The highest BCUT2D eigenvalue weighted by Crippen LogP contribution is 2.35. The first-order chi connectivity index (χ1) is 18.0. The number of aromatic nitrogens is 2. The van der Waals surface area contributed by atoms with Gasteiger partial charge in [-0.3, -0.25) is 4.79 Å². The van der Waals surface area contributed by atoms with E-state index in [1.165, 1.54) is 12.7 Å². The molecule has 0 saturated carbocycles. The fourth-order valence-electron chi connectivity index (χ4n) is 5.15. The highest BCUT2D eigenvalue weighted by molar-refractivity contribution is 6.00. The van der Waals surface area contributed by atoms with Crippen molar-refractivity contribution >= 4 is 5.91 Å². The Balaban J connectivity index is 1.65. The van der Waals surface area contributed by atoms with Crippen LogP contribution in [-0.2, 0) is 13.0 Å². The molecular formula is C30H29F2N3O2. The molecule has 3 aromatic carbocycles. The highest BCUT2D eigenvalue weighted by atomic mass is 19.1. The van der Waals surface area contributed by atoms with Crippen LogP contribution in [0.5, 0.6) is 5.75 Å². The van der Waals surface area contributed by atoms with Gasteiger partial charge in [-0.25, -0.2) is 13.8 Å². The smallest absolute Gasteiger partial charge is 0.270 e. The molecule has 7 heteroatoms. The number of fused-ring (bicyclic) bond motifs is 1. The Morgan fingerprint density at radius 2 is 1.81 bits per heavy atom. The van der Waals surface area contributed by atoms with Crippen molar-refractivity contribution in [1.82, 2.24) is 14.9 Å². The van der Waals surface area contributed by atoms with Crippen LogP contribution < -0.4 is 10.1 Å². The van der Waals surface area contributed by atoms with Crippen molar-refractivity contribution in [2.45, 2.75) is 45.2 Å². The summed E-state index contributed by atoms with van der Waals surface area (Å²) in [6, 6.07) is 19.4. The van der Waals surface area contributed by atoms with Gasteiger partial charge < -0.3 is 14.6 Å². The van der Waals surface area contributed by atoms with Crippen LogP contribution >= 0.6 is 0 Å². The van der Waals surface area contributed by atoms with Crippen LogP contribution in [0.3, 0.4) is 0 Å². The van der Waals surface area contributed by atoms with E-state index in [1.807, 2.05) is 49.4 Å². The van der Waals surface area contributed by atoms with Crippen molar-refractivity contribution in [2.24, 2.45) is 0 Å². The number of methoxy groups -OCH3 is 1. The van der Waals surface area contributed by atoms with Crippen molar-refractivity contribution in [1.29, 1.82) is 0 Å². The molecule has 5 nitrogen and oxygen atoms in total. The van der Waals surface area contributed by atoms with Gasteiger partial charge in [0.05, 0.1) is 13.2 Å².